The first-order chi connectivity index (χ1) is 14.9. The minimum atomic E-state index is 0.460. The van der Waals surface area contributed by atoms with Crippen LogP contribution in [-0.4, -0.2) is 42.6 Å². The van der Waals surface area contributed by atoms with Crippen molar-refractivity contribution in [1.82, 2.24) is 29.5 Å². The number of pyridine rings is 1. The molecule has 6 rings (SSSR count). The average molecular weight is 419 g/mol. The van der Waals surface area contributed by atoms with Crippen molar-refractivity contribution in [3.63, 3.8) is 0 Å². The molecule has 5 heterocycles. The van der Waals surface area contributed by atoms with Crippen molar-refractivity contribution in [3.8, 4) is 0 Å². The molecule has 2 aliphatic rings. The molecule has 0 unspecified atom stereocenters. The number of piperidine rings is 1. The molecule has 154 valence electrons. The SMILES string of the molecule is c1cncc([C@H]2CCCCN2CCc2nc3c4c5c(sc4ncn3n2)CCCC5)c1. The van der Waals surface area contributed by atoms with Crippen molar-refractivity contribution in [2.75, 3.05) is 13.1 Å². The van der Waals surface area contributed by atoms with Gasteiger partial charge in [0.1, 0.15) is 11.2 Å². The fourth-order valence-corrected chi connectivity index (χ4v) is 6.38. The lowest BCUT2D eigenvalue weighted by molar-refractivity contribution is 0.149. The fraction of sp³-hybridized carbons (Fsp3) is 0.478. The monoisotopic (exact) mass is 418 g/mol. The highest BCUT2D eigenvalue weighted by Crippen LogP contribution is 2.37. The summed E-state index contributed by atoms with van der Waals surface area (Å²) >= 11 is 1.85. The Morgan fingerprint density at radius 1 is 1.13 bits per heavy atom. The Hall–Kier alpha value is -2.38. The maximum atomic E-state index is 4.98. The number of likely N-dealkylation sites (tertiary alicyclic amines) is 1. The molecule has 6 nitrogen and oxygen atoms in total. The molecule has 0 saturated carbocycles. The molecule has 0 bridgehead atoms. The Bertz CT molecular complexity index is 1180. The molecule has 1 saturated heterocycles. The standard InChI is InChI=1S/C23H26N6S/c1-2-9-19-17(7-1)21-22-26-20(27-29(22)15-25-23(21)30-19)10-13-28-12-4-3-8-18(28)16-6-5-11-24-14-16/h5-6,11,14-15,18H,1-4,7-10,12-13H2/t18-/m1/s1. The van der Waals surface area contributed by atoms with Crippen LogP contribution in [0.4, 0.5) is 0 Å². The first-order valence-electron chi connectivity index (χ1n) is 11.2. The molecule has 4 aromatic rings. The Labute approximate surface area is 180 Å². The molecule has 0 spiro atoms. The van der Waals surface area contributed by atoms with Gasteiger partial charge in [0, 0.05) is 36.3 Å². The summed E-state index contributed by atoms with van der Waals surface area (Å²) in [5.74, 6) is 0.926. The molecular weight excluding hydrogens is 392 g/mol. The van der Waals surface area contributed by atoms with Gasteiger partial charge in [-0.25, -0.2) is 14.5 Å². The number of hydrogen-bond acceptors (Lipinski definition) is 6. The Morgan fingerprint density at radius 2 is 2.10 bits per heavy atom. The van der Waals surface area contributed by atoms with Crippen molar-refractivity contribution < 1.29 is 0 Å². The van der Waals surface area contributed by atoms with E-state index in [1.54, 1.807) is 0 Å². The Kier molecular flexibility index (Phi) is 4.72. The third kappa shape index (κ3) is 3.20. The highest BCUT2D eigenvalue weighted by molar-refractivity contribution is 7.19. The molecule has 0 radical (unpaired) electrons. The largest absolute Gasteiger partial charge is 0.296 e. The number of thiophene rings is 1. The normalized spacial score (nSPS) is 20.1. The number of fused-ring (bicyclic) bond motifs is 5. The van der Waals surface area contributed by atoms with Gasteiger partial charge in [-0.3, -0.25) is 9.88 Å². The van der Waals surface area contributed by atoms with Gasteiger partial charge in [-0.05, 0) is 62.3 Å². The van der Waals surface area contributed by atoms with E-state index in [1.807, 2.05) is 40.6 Å². The molecule has 0 N–H and O–H groups in total. The molecule has 0 aromatic carbocycles. The van der Waals surface area contributed by atoms with Crippen molar-refractivity contribution in [3.05, 3.63) is 52.7 Å². The number of nitrogens with zero attached hydrogens (tertiary/aromatic N) is 6. The lowest BCUT2D eigenvalue weighted by atomic mass is 9.96. The minimum absolute atomic E-state index is 0.460. The van der Waals surface area contributed by atoms with E-state index < -0.39 is 0 Å². The quantitative estimate of drug-likeness (QED) is 0.492. The Morgan fingerprint density at radius 3 is 3.03 bits per heavy atom. The highest BCUT2D eigenvalue weighted by Gasteiger charge is 2.25. The van der Waals surface area contributed by atoms with E-state index in [0.29, 0.717) is 6.04 Å². The maximum absolute atomic E-state index is 4.98. The van der Waals surface area contributed by atoms with Crippen LogP contribution in [0, 0.1) is 0 Å². The first kappa shape index (κ1) is 18.4. The van der Waals surface area contributed by atoms with E-state index in [9.17, 15) is 0 Å². The predicted molar refractivity (Wildman–Crippen MR) is 119 cm³/mol. The van der Waals surface area contributed by atoms with Crippen LogP contribution in [0.25, 0.3) is 15.9 Å². The fourth-order valence-electron chi connectivity index (χ4n) is 5.16. The average Bonchev–Trinajstić information content (AvgIpc) is 3.39. The van der Waals surface area contributed by atoms with E-state index >= 15 is 0 Å². The van der Waals surface area contributed by atoms with Crippen molar-refractivity contribution in [2.45, 2.75) is 57.4 Å². The van der Waals surface area contributed by atoms with Gasteiger partial charge in [0.05, 0.1) is 5.39 Å². The van der Waals surface area contributed by atoms with E-state index in [0.717, 1.165) is 42.2 Å². The van der Waals surface area contributed by atoms with Crippen LogP contribution in [0.15, 0.2) is 30.9 Å². The summed E-state index contributed by atoms with van der Waals surface area (Å²) in [6, 6.07) is 4.72. The summed E-state index contributed by atoms with van der Waals surface area (Å²) in [5, 5.41) is 6.03. The Balaban J connectivity index is 1.27. The lowest BCUT2D eigenvalue weighted by Gasteiger charge is -2.35. The lowest BCUT2D eigenvalue weighted by Crippen LogP contribution is -2.35. The summed E-state index contributed by atoms with van der Waals surface area (Å²) in [7, 11) is 0. The second-order valence-electron chi connectivity index (χ2n) is 8.52. The topological polar surface area (TPSA) is 59.2 Å². The summed E-state index contributed by atoms with van der Waals surface area (Å²) in [6.45, 7) is 2.12. The van der Waals surface area contributed by atoms with E-state index in [-0.39, 0.29) is 0 Å². The van der Waals surface area contributed by atoms with Gasteiger partial charge in [0.2, 0.25) is 0 Å². The molecule has 4 aromatic heterocycles. The molecule has 1 atom stereocenters. The van der Waals surface area contributed by atoms with Crippen LogP contribution in [0.3, 0.4) is 0 Å². The number of aromatic nitrogens is 5. The van der Waals surface area contributed by atoms with Gasteiger partial charge in [-0.15, -0.1) is 16.4 Å². The van der Waals surface area contributed by atoms with Gasteiger partial charge >= 0.3 is 0 Å². The molecule has 1 fully saturated rings. The minimum Gasteiger partial charge on any atom is -0.296 e. The van der Waals surface area contributed by atoms with Crippen LogP contribution >= 0.6 is 11.3 Å². The van der Waals surface area contributed by atoms with Crippen LogP contribution in [0.1, 0.15) is 60.0 Å². The zero-order chi connectivity index (χ0) is 19.9. The molecule has 1 aliphatic heterocycles. The van der Waals surface area contributed by atoms with Crippen molar-refractivity contribution in [1.29, 1.82) is 0 Å². The molecular formula is C23H26N6S. The van der Waals surface area contributed by atoms with E-state index in [4.69, 9.17) is 15.1 Å². The van der Waals surface area contributed by atoms with E-state index in [1.165, 1.54) is 59.9 Å². The first-order valence-corrected chi connectivity index (χ1v) is 12.0. The van der Waals surface area contributed by atoms with Gasteiger partial charge in [-0.2, -0.15) is 0 Å². The predicted octanol–water partition coefficient (Wildman–Crippen LogP) is 4.38. The van der Waals surface area contributed by atoms with Gasteiger partial charge < -0.3 is 0 Å². The number of rotatable bonds is 4. The zero-order valence-electron chi connectivity index (χ0n) is 17.1. The van der Waals surface area contributed by atoms with Gasteiger partial charge in [0.25, 0.3) is 0 Å². The third-order valence-electron chi connectivity index (χ3n) is 6.64. The molecule has 7 heteroatoms. The second kappa shape index (κ2) is 7.71. The smallest absolute Gasteiger partial charge is 0.167 e. The maximum Gasteiger partial charge on any atom is 0.167 e. The van der Waals surface area contributed by atoms with Crippen molar-refractivity contribution >= 4 is 27.2 Å². The van der Waals surface area contributed by atoms with Crippen molar-refractivity contribution in [2.24, 2.45) is 0 Å². The van der Waals surface area contributed by atoms with Crippen LogP contribution < -0.4 is 0 Å². The number of aryl methyl sites for hydroxylation is 2. The van der Waals surface area contributed by atoms with Crippen LogP contribution in [-0.2, 0) is 19.3 Å². The molecule has 30 heavy (non-hydrogen) atoms. The summed E-state index contributed by atoms with van der Waals surface area (Å²) < 4.78 is 1.90. The van der Waals surface area contributed by atoms with E-state index in [2.05, 4.69) is 16.0 Å². The van der Waals surface area contributed by atoms with Gasteiger partial charge in [0.15, 0.2) is 11.5 Å². The second-order valence-corrected chi connectivity index (χ2v) is 9.60. The third-order valence-corrected chi connectivity index (χ3v) is 7.84. The highest BCUT2D eigenvalue weighted by atomic mass is 32.1. The molecule has 0 amide bonds. The van der Waals surface area contributed by atoms with Crippen LogP contribution in [0.2, 0.25) is 0 Å². The number of hydrogen-bond donors (Lipinski definition) is 0. The van der Waals surface area contributed by atoms with Crippen LogP contribution in [0.5, 0.6) is 0 Å². The molecule has 1 aliphatic carbocycles. The summed E-state index contributed by atoms with van der Waals surface area (Å²) in [4.78, 5) is 19.2. The summed E-state index contributed by atoms with van der Waals surface area (Å²) in [6.07, 6.45) is 15.2. The van der Waals surface area contributed by atoms with Gasteiger partial charge in [-0.1, -0.05) is 12.5 Å². The summed E-state index contributed by atoms with van der Waals surface area (Å²) in [5.41, 5.74) is 3.80. The zero-order valence-corrected chi connectivity index (χ0v) is 17.9.